The number of aromatic hydroxyl groups is 12. The van der Waals surface area contributed by atoms with Crippen molar-refractivity contribution in [3.63, 3.8) is 0 Å². The lowest BCUT2D eigenvalue weighted by molar-refractivity contribution is -0.184. The van der Waals surface area contributed by atoms with Crippen molar-refractivity contribution in [2.75, 3.05) is 6.61 Å². The van der Waals surface area contributed by atoms with Crippen LogP contribution in [-0.2, 0) is 38.1 Å². The first-order valence-corrected chi connectivity index (χ1v) is 19.3. The number of hydrogen-bond acceptors (Lipinski definition) is 26. The van der Waals surface area contributed by atoms with Crippen molar-refractivity contribution >= 4 is 41.8 Å². The monoisotopic (exact) mass is 970 g/mol. The number of aliphatic carboxylic acids is 2. The highest BCUT2D eigenvalue weighted by molar-refractivity contribution is 6.12. The molecule has 0 amide bonds. The number of aliphatic hydroxyl groups is 2. The van der Waals surface area contributed by atoms with Crippen molar-refractivity contribution in [3.8, 4) is 91.2 Å². The number of phenols is 12. The number of hydrogen-bond donors (Lipinski definition) is 16. The summed E-state index contributed by atoms with van der Waals surface area (Å²) in [4.78, 5) is 97.7. The lowest BCUT2D eigenvalue weighted by Gasteiger charge is -2.40. The van der Waals surface area contributed by atoms with Gasteiger partial charge in [0.1, 0.15) is 12.7 Å². The molecule has 4 aromatic carbocycles. The molecule has 0 aromatic heterocycles. The maximum atomic E-state index is 15.0. The molecule has 0 saturated heterocycles. The minimum Gasteiger partial charge on any atom is -0.504 e. The van der Waals surface area contributed by atoms with Gasteiger partial charge in [0.15, 0.2) is 76.5 Å². The Hall–Kier alpha value is -9.31. The van der Waals surface area contributed by atoms with E-state index in [0.29, 0.717) is 6.07 Å². The summed E-state index contributed by atoms with van der Waals surface area (Å²) in [5, 5.41) is 176. The van der Waals surface area contributed by atoms with Crippen molar-refractivity contribution in [2.45, 2.75) is 49.0 Å². The van der Waals surface area contributed by atoms with Gasteiger partial charge in [-0.1, -0.05) is 0 Å². The van der Waals surface area contributed by atoms with Crippen LogP contribution in [-0.4, -0.2) is 161 Å². The van der Waals surface area contributed by atoms with Crippen LogP contribution in [0.1, 0.15) is 71.0 Å². The molecule has 362 valence electrons. The molecule has 4 aromatic rings. The van der Waals surface area contributed by atoms with Gasteiger partial charge in [-0.3, -0.25) is 9.59 Å². The van der Waals surface area contributed by atoms with Gasteiger partial charge in [0.25, 0.3) is 0 Å². The molecule has 0 aliphatic carbocycles. The quantitative estimate of drug-likeness (QED) is 0.0699. The molecule has 6 bridgehead atoms. The molecule has 0 fully saturated rings. The summed E-state index contributed by atoms with van der Waals surface area (Å²) in [5.74, 6) is -39.2. The first-order valence-electron chi connectivity index (χ1n) is 19.3. The molecule has 5 heterocycles. The zero-order valence-corrected chi connectivity index (χ0v) is 33.7. The van der Waals surface area contributed by atoms with E-state index in [1.54, 1.807) is 0 Å². The molecule has 0 radical (unpaired) electrons. The van der Waals surface area contributed by atoms with Crippen LogP contribution in [0.4, 0.5) is 0 Å². The van der Waals surface area contributed by atoms with Crippen LogP contribution >= 0.6 is 0 Å². The fourth-order valence-electron chi connectivity index (χ4n) is 8.75. The van der Waals surface area contributed by atoms with Crippen LogP contribution in [0.5, 0.6) is 69.0 Å². The minimum atomic E-state index is -3.22. The number of rotatable bonds is 4. The van der Waals surface area contributed by atoms with Crippen LogP contribution < -0.4 is 0 Å². The highest BCUT2D eigenvalue weighted by atomic mass is 16.6. The molecule has 28 heteroatoms. The first kappa shape index (κ1) is 46.2. The van der Waals surface area contributed by atoms with E-state index in [2.05, 4.69) is 0 Å². The average Bonchev–Trinajstić information content (AvgIpc) is 3.31. The number of phenolic OH excluding ortho intramolecular Hbond substituents is 12. The number of carbonyl (C=O) groups excluding carboxylic acids is 5. The second-order valence-corrected chi connectivity index (χ2v) is 15.6. The Kier molecular flexibility index (Phi) is 10.7. The lowest BCUT2D eigenvalue weighted by Crippen LogP contribution is -2.56. The number of aliphatic hydroxyl groups excluding tert-OH is 2. The molecule has 8 atom stereocenters. The molecule has 16 N–H and O–H groups in total. The number of carboxylic acids is 2. The zero-order chi connectivity index (χ0) is 50.7. The summed E-state index contributed by atoms with van der Waals surface area (Å²) in [6.07, 6.45) is -18.9. The average molecular weight is 971 g/mol. The van der Waals surface area contributed by atoms with Crippen LogP contribution in [0.3, 0.4) is 0 Å². The largest absolute Gasteiger partial charge is 0.504 e. The second-order valence-electron chi connectivity index (χ2n) is 15.6. The SMILES string of the molecule is O=C(O)C[C@H]1C(=O)O[C@H]2COC(=O)c3cc(O)c(O)c(O)c3-c3c(cc(O)c(O)c3O)C(=O)O[C@H]2C2OC(=O)c3c(c(O)c(O)c(O)c3[C@@H]1[C@H](O)C(=O)O)-c1c(O)c(O)c(O)c3c1C(=O)O[C@@H]2[C@@H]3O. The van der Waals surface area contributed by atoms with E-state index in [1.165, 1.54) is 0 Å². The molecule has 1 unspecified atom stereocenters. The van der Waals surface area contributed by atoms with E-state index in [-0.39, 0.29) is 6.07 Å². The van der Waals surface area contributed by atoms with E-state index < -0.39 is 228 Å². The fourth-order valence-corrected chi connectivity index (χ4v) is 8.75. The molecule has 28 nitrogen and oxygen atoms in total. The molecular weight excluding hydrogens is 940 g/mol. The number of benzene rings is 4. The van der Waals surface area contributed by atoms with Crippen molar-refractivity contribution in [1.82, 2.24) is 0 Å². The van der Waals surface area contributed by atoms with Crippen LogP contribution in [0.2, 0.25) is 0 Å². The maximum Gasteiger partial charge on any atom is 0.339 e. The van der Waals surface area contributed by atoms with E-state index in [1.807, 2.05) is 0 Å². The number of fused-ring (bicyclic) bond motifs is 5. The van der Waals surface area contributed by atoms with Crippen molar-refractivity contribution in [2.24, 2.45) is 5.92 Å². The summed E-state index contributed by atoms with van der Waals surface area (Å²) >= 11 is 0. The molecule has 0 spiro atoms. The van der Waals surface area contributed by atoms with Gasteiger partial charge in [0.2, 0.25) is 23.0 Å². The normalized spacial score (nSPS) is 23.2. The van der Waals surface area contributed by atoms with E-state index in [0.717, 1.165) is 0 Å². The van der Waals surface area contributed by atoms with Crippen molar-refractivity contribution in [1.29, 1.82) is 0 Å². The molecule has 69 heavy (non-hydrogen) atoms. The van der Waals surface area contributed by atoms with Crippen LogP contribution in [0.25, 0.3) is 22.3 Å². The third-order valence-electron chi connectivity index (χ3n) is 11.8. The number of cyclic esters (lactones) is 1. The predicted octanol–water partition coefficient (Wildman–Crippen LogP) is -0.459. The Labute approximate surface area is 378 Å². The van der Waals surface area contributed by atoms with Gasteiger partial charge in [-0.2, -0.15) is 0 Å². The van der Waals surface area contributed by atoms with Crippen LogP contribution in [0, 0.1) is 5.92 Å². The van der Waals surface area contributed by atoms with Gasteiger partial charge in [0, 0.05) is 39.3 Å². The molecule has 9 rings (SSSR count). The third-order valence-corrected chi connectivity index (χ3v) is 11.8. The Bertz CT molecular complexity index is 3040. The second kappa shape index (κ2) is 15.9. The van der Waals surface area contributed by atoms with Crippen molar-refractivity contribution < 1.29 is 139 Å². The fraction of sp³-hybridized carbons (Fsp3) is 0.244. The van der Waals surface area contributed by atoms with E-state index in [9.17, 15) is 110 Å². The van der Waals surface area contributed by atoms with Gasteiger partial charge in [-0.15, -0.1) is 0 Å². The standard InChI is InChI=1S/C41H30O28/c42-8-1-5-12(23(48)21(8)46)13-6(2-9(43)22(47)24(13)49)39(62)67-33-10(4-65-37(5)60)66-38(61)7(3-11(44)45)14(30(55)36(58)59)15-18-16(26(51)31(56)25(15)50)17-19-20(28(53)32(57)27(17)52)29(54)34(68-41(19)64)35(33)69-40(18)63/h1-2,7,10,14,29-30,33-35,42-43,46-57H,3-4H2,(H,44,45)(H,58,59)/t7-,10+,14-,29-,30+,33-,34-,35?/m1/s1. The Morgan fingerprint density at radius 2 is 0.971 bits per heavy atom. The Morgan fingerprint density at radius 3 is 1.48 bits per heavy atom. The van der Waals surface area contributed by atoms with Crippen LogP contribution in [0.15, 0.2) is 12.1 Å². The van der Waals surface area contributed by atoms with Gasteiger partial charge in [0.05, 0.1) is 34.6 Å². The van der Waals surface area contributed by atoms with Gasteiger partial charge in [-0.25, -0.2) is 24.0 Å². The minimum absolute atomic E-state index is 0.288. The summed E-state index contributed by atoms with van der Waals surface area (Å²) in [6, 6.07) is 0.653. The number of carbonyl (C=O) groups is 7. The van der Waals surface area contributed by atoms with Gasteiger partial charge < -0.3 is 105 Å². The summed E-state index contributed by atoms with van der Waals surface area (Å²) < 4.78 is 27.6. The number of carboxylic acid groups (broad SMARTS) is 2. The van der Waals surface area contributed by atoms with Crippen molar-refractivity contribution in [3.05, 3.63) is 45.5 Å². The molecular formula is C41H30O28. The lowest BCUT2D eigenvalue weighted by atomic mass is 9.74. The van der Waals surface area contributed by atoms with Gasteiger partial charge >= 0.3 is 41.8 Å². The van der Waals surface area contributed by atoms with Gasteiger partial charge in [-0.05, 0) is 12.1 Å². The highest BCUT2D eigenvalue weighted by Gasteiger charge is 2.57. The molecule has 5 aliphatic heterocycles. The summed E-state index contributed by atoms with van der Waals surface area (Å²) in [7, 11) is 0. The topological polar surface area (TPSA) is 489 Å². The number of ether oxygens (including phenoxy) is 5. The predicted molar refractivity (Wildman–Crippen MR) is 209 cm³/mol. The highest BCUT2D eigenvalue weighted by Crippen LogP contribution is 2.60. The maximum absolute atomic E-state index is 15.0. The Balaban J connectivity index is 1.54. The van der Waals surface area contributed by atoms with E-state index >= 15 is 4.79 Å². The zero-order valence-electron chi connectivity index (χ0n) is 33.7. The summed E-state index contributed by atoms with van der Waals surface area (Å²) in [5.41, 5.74) is -13.3. The first-order chi connectivity index (χ1) is 32.3. The van der Waals surface area contributed by atoms with E-state index in [4.69, 9.17) is 23.7 Å². The molecule has 5 aliphatic rings. The third kappa shape index (κ3) is 6.71. The molecule has 0 saturated carbocycles. The summed E-state index contributed by atoms with van der Waals surface area (Å²) in [6.45, 7) is -1.62. The Morgan fingerprint density at radius 1 is 0.522 bits per heavy atom. The number of esters is 5. The smallest absolute Gasteiger partial charge is 0.339 e.